The van der Waals surface area contributed by atoms with Crippen LogP contribution in [0.3, 0.4) is 0 Å². The number of benzene rings is 2. The molecule has 0 heterocycles. The number of carbonyl (C=O) groups is 1. The number of hydrogen-bond acceptors (Lipinski definition) is 3. The van der Waals surface area contributed by atoms with Gasteiger partial charge in [-0.2, -0.15) is 0 Å². The lowest BCUT2D eigenvalue weighted by atomic mass is 9.81. The number of ketones is 1. The summed E-state index contributed by atoms with van der Waals surface area (Å²) in [4.78, 5) is 13.0. The van der Waals surface area contributed by atoms with E-state index in [4.69, 9.17) is 0 Å². The van der Waals surface area contributed by atoms with Crippen LogP contribution in [0.25, 0.3) is 0 Å². The Morgan fingerprint density at radius 1 is 1.00 bits per heavy atom. The molecule has 0 spiro atoms. The Hall–Kier alpha value is -1.94. The van der Waals surface area contributed by atoms with E-state index in [1.165, 1.54) is 0 Å². The predicted octanol–water partition coefficient (Wildman–Crippen LogP) is 3.35. The van der Waals surface area contributed by atoms with Gasteiger partial charge in [0, 0.05) is 5.92 Å². The first kappa shape index (κ1) is 15.0. The number of hydrogen-bond donors (Lipinski definition) is 0. The minimum atomic E-state index is -3.72. The number of carbonyl (C=O) groups excluding carboxylic acids is 1. The summed E-state index contributed by atoms with van der Waals surface area (Å²) in [5, 5.41) is -1.08. The van der Waals surface area contributed by atoms with Gasteiger partial charge in [-0.05, 0) is 36.1 Å². The molecule has 2 atom stereocenters. The van der Waals surface area contributed by atoms with Gasteiger partial charge in [-0.15, -0.1) is 0 Å². The van der Waals surface area contributed by atoms with Crippen LogP contribution < -0.4 is 0 Å². The molecule has 1 aliphatic rings. The molecule has 0 aliphatic heterocycles. The van der Waals surface area contributed by atoms with Crippen molar-refractivity contribution in [3.63, 3.8) is 0 Å². The van der Waals surface area contributed by atoms with Crippen molar-refractivity contribution < 1.29 is 13.2 Å². The van der Waals surface area contributed by atoms with Gasteiger partial charge < -0.3 is 0 Å². The van der Waals surface area contributed by atoms with E-state index in [1.54, 1.807) is 42.5 Å². The molecule has 0 fully saturated rings. The summed E-state index contributed by atoms with van der Waals surface area (Å²) in [6.45, 7) is 1.93. The van der Waals surface area contributed by atoms with Gasteiger partial charge >= 0.3 is 0 Å². The Labute approximate surface area is 130 Å². The summed E-state index contributed by atoms with van der Waals surface area (Å²) in [6.07, 6.45) is 1.29. The van der Waals surface area contributed by atoms with E-state index in [0.29, 0.717) is 18.4 Å². The number of fused-ring (bicyclic) bond motifs is 1. The van der Waals surface area contributed by atoms with Gasteiger partial charge in [-0.25, -0.2) is 8.42 Å². The van der Waals surface area contributed by atoms with Gasteiger partial charge in [0.15, 0.2) is 15.6 Å². The fraction of sp³-hybridized carbons (Fsp3) is 0.278. The van der Waals surface area contributed by atoms with E-state index in [-0.39, 0.29) is 16.6 Å². The van der Waals surface area contributed by atoms with Crippen LogP contribution in [0.4, 0.5) is 0 Å². The van der Waals surface area contributed by atoms with Crippen LogP contribution in [0, 0.1) is 5.92 Å². The van der Waals surface area contributed by atoms with Crippen LogP contribution >= 0.6 is 0 Å². The first-order valence-electron chi connectivity index (χ1n) is 7.46. The average Bonchev–Trinajstić information content (AvgIpc) is 2.54. The topological polar surface area (TPSA) is 51.2 Å². The lowest BCUT2D eigenvalue weighted by molar-refractivity contribution is -0.123. The smallest absolute Gasteiger partial charge is 0.192 e. The second-order valence-corrected chi connectivity index (χ2v) is 7.68. The van der Waals surface area contributed by atoms with Gasteiger partial charge in [-0.3, -0.25) is 4.79 Å². The maximum Gasteiger partial charge on any atom is 0.192 e. The highest BCUT2D eigenvalue weighted by Crippen LogP contribution is 2.39. The van der Waals surface area contributed by atoms with Crippen molar-refractivity contribution in [3.05, 3.63) is 65.7 Å². The van der Waals surface area contributed by atoms with E-state index in [9.17, 15) is 13.2 Å². The van der Waals surface area contributed by atoms with Crippen LogP contribution in [0.1, 0.15) is 29.7 Å². The zero-order valence-corrected chi connectivity index (χ0v) is 13.2. The SMILES string of the molecule is CCC1Cc2ccccc2C(S(=O)(=O)c2ccccc2)C1=O. The minimum absolute atomic E-state index is 0.176. The molecule has 22 heavy (non-hydrogen) atoms. The van der Waals surface area contributed by atoms with Crippen molar-refractivity contribution in [3.8, 4) is 0 Å². The standard InChI is InChI=1S/C18H18O3S/c1-2-13-12-14-8-6-7-11-16(14)18(17(13)19)22(20,21)15-9-4-3-5-10-15/h3-11,13,18H,2,12H2,1H3. The van der Waals surface area contributed by atoms with E-state index in [0.717, 1.165) is 5.56 Å². The van der Waals surface area contributed by atoms with Crippen LogP contribution in [0.5, 0.6) is 0 Å². The highest BCUT2D eigenvalue weighted by atomic mass is 32.2. The first-order chi connectivity index (χ1) is 10.6. The predicted molar refractivity (Wildman–Crippen MR) is 85.3 cm³/mol. The Bertz CT molecular complexity index is 794. The Morgan fingerprint density at radius 3 is 2.32 bits per heavy atom. The zero-order chi connectivity index (χ0) is 15.7. The maximum atomic E-state index is 13.0. The van der Waals surface area contributed by atoms with E-state index in [2.05, 4.69) is 0 Å². The van der Waals surface area contributed by atoms with Gasteiger partial charge in [0.1, 0.15) is 5.25 Å². The molecule has 2 aromatic carbocycles. The second kappa shape index (κ2) is 5.69. The number of sulfone groups is 1. The van der Waals surface area contributed by atoms with Crippen molar-refractivity contribution in [2.24, 2.45) is 5.92 Å². The highest BCUT2D eigenvalue weighted by Gasteiger charge is 2.42. The molecule has 1 aliphatic carbocycles. The molecule has 3 rings (SSSR count). The van der Waals surface area contributed by atoms with Crippen molar-refractivity contribution in [1.29, 1.82) is 0 Å². The van der Waals surface area contributed by atoms with Crippen LogP contribution in [-0.4, -0.2) is 14.2 Å². The maximum absolute atomic E-state index is 13.0. The van der Waals surface area contributed by atoms with Crippen LogP contribution in [0.15, 0.2) is 59.5 Å². The molecule has 2 unspecified atom stereocenters. The molecule has 3 nitrogen and oxygen atoms in total. The molecular weight excluding hydrogens is 296 g/mol. The largest absolute Gasteiger partial charge is 0.298 e. The Balaban J connectivity index is 2.18. The lowest BCUT2D eigenvalue weighted by Crippen LogP contribution is -2.34. The molecule has 0 amide bonds. The third-order valence-electron chi connectivity index (χ3n) is 4.34. The molecule has 4 heteroatoms. The number of Topliss-reactive ketones (excluding diaryl/α,β-unsaturated/α-hetero) is 1. The van der Waals surface area contributed by atoms with Gasteiger partial charge in [0.05, 0.1) is 4.90 Å². The van der Waals surface area contributed by atoms with Crippen LogP contribution in [0.2, 0.25) is 0 Å². The van der Waals surface area contributed by atoms with Gasteiger partial charge in [-0.1, -0.05) is 49.4 Å². The Kier molecular flexibility index (Phi) is 3.87. The summed E-state index contributed by atoms with van der Waals surface area (Å²) < 4.78 is 26.0. The minimum Gasteiger partial charge on any atom is -0.298 e. The molecule has 0 radical (unpaired) electrons. The van der Waals surface area contributed by atoms with E-state index in [1.807, 2.05) is 19.1 Å². The van der Waals surface area contributed by atoms with Crippen molar-refractivity contribution in [2.45, 2.75) is 29.9 Å². The molecule has 0 saturated heterocycles. The third kappa shape index (κ3) is 2.37. The quantitative estimate of drug-likeness (QED) is 0.873. The van der Waals surface area contributed by atoms with Gasteiger partial charge in [0.25, 0.3) is 0 Å². The molecule has 0 N–H and O–H groups in total. The summed E-state index contributed by atoms with van der Waals surface area (Å²) in [6, 6.07) is 15.6. The lowest BCUT2D eigenvalue weighted by Gasteiger charge is -2.29. The summed E-state index contributed by atoms with van der Waals surface area (Å²) >= 11 is 0. The monoisotopic (exact) mass is 314 g/mol. The normalized spacial score (nSPS) is 21.4. The molecule has 114 valence electrons. The fourth-order valence-corrected chi connectivity index (χ4v) is 4.99. The molecule has 0 bridgehead atoms. The first-order valence-corrected chi connectivity index (χ1v) is 9.00. The average molecular weight is 314 g/mol. The molecule has 0 saturated carbocycles. The molecule has 2 aromatic rings. The summed E-state index contributed by atoms with van der Waals surface area (Å²) in [7, 11) is -3.72. The van der Waals surface area contributed by atoms with E-state index >= 15 is 0 Å². The van der Waals surface area contributed by atoms with Crippen molar-refractivity contribution >= 4 is 15.6 Å². The zero-order valence-electron chi connectivity index (χ0n) is 12.4. The van der Waals surface area contributed by atoms with E-state index < -0.39 is 15.1 Å². The summed E-state index contributed by atoms with van der Waals surface area (Å²) in [5.74, 6) is -0.400. The molecule has 0 aromatic heterocycles. The van der Waals surface area contributed by atoms with Crippen molar-refractivity contribution in [1.82, 2.24) is 0 Å². The van der Waals surface area contributed by atoms with Crippen LogP contribution in [-0.2, 0) is 21.1 Å². The highest BCUT2D eigenvalue weighted by molar-refractivity contribution is 7.92. The van der Waals surface area contributed by atoms with Crippen molar-refractivity contribution in [2.75, 3.05) is 0 Å². The second-order valence-electron chi connectivity index (χ2n) is 5.65. The Morgan fingerprint density at radius 2 is 1.64 bits per heavy atom. The third-order valence-corrected chi connectivity index (χ3v) is 6.38. The fourth-order valence-electron chi connectivity index (χ4n) is 3.12. The number of rotatable bonds is 3. The summed E-state index contributed by atoms with van der Waals surface area (Å²) in [5.41, 5.74) is 1.61. The molecular formula is C18H18O3S. The van der Waals surface area contributed by atoms with Gasteiger partial charge in [0.2, 0.25) is 0 Å².